The highest BCUT2D eigenvalue weighted by atomic mass is 16.5. The van der Waals surface area contributed by atoms with Crippen LogP contribution in [0.4, 0.5) is 0 Å². The van der Waals surface area contributed by atoms with Crippen LogP contribution in [0.1, 0.15) is 25.3 Å². The smallest absolute Gasteiger partial charge is 0.257 e. The van der Waals surface area contributed by atoms with Gasteiger partial charge in [-0.05, 0) is 70.1 Å². The van der Waals surface area contributed by atoms with Gasteiger partial charge in [-0.3, -0.25) is 4.79 Å². The number of hydrogen-bond donors (Lipinski definition) is 2. The predicted octanol–water partition coefficient (Wildman–Crippen LogP) is 1.64. The van der Waals surface area contributed by atoms with Crippen LogP contribution in [0.2, 0.25) is 0 Å². The highest BCUT2D eigenvalue weighted by molar-refractivity contribution is 5.77. The Hall–Kier alpha value is -1.79. The molecule has 1 aliphatic heterocycles. The van der Waals surface area contributed by atoms with Crippen LogP contribution in [0.25, 0.3) is 0 Å². The van der Waals surface area contributed by atoms with Crippen LogP contribution in [0.3, 0.4) is 0 Å². The van der Waals surface area contributed by atoms with Crippen molar-refractivity contribution in [3.05, 3.63) is 23.8 Å². The second-order valence-electron chi connectivity index (χ2n) is 6.60. The van der Waals surface area contributed by atoms with E-state index in [0.717, 1.165) is 24.6 Å². The first-order valence-corrected chi connectivity index (χ1v) is 9.08. The van der Waals surface area contributed by atoms with Crippen molar-refractivity contribution in [3.63, 3.8) is 0 Å². The fourth-order valence-corrected chi connectivity index (χ4v) is 3.02. The van der Waals surface area contributed by atoms with Crippen LogP contribution in [-0.2, 0) is 11.3 Å². The monoisotopic (exact) mass is 349 g/mol. The minimum absolute atomic E-state index is 0.00206. The molecule has 1 saturated heterocycles. The van der Waals surface area contributed by atoms with Crippen LogP contribution in [0.5, 0.6) is 11.5 Å². The summed E-state index contributed by atoms with van der Waals surface area (Å²) in [6.45, 7) is 6.71. The van der Waals surface area contributed by atoms with Gasteiger partial charge in [-0.2, -0.15) is 0 Å². The zero-order chi connectivity index (χ0) is 18.1. The maximum Gasteiger partial charge on any atom is 0.257 e. The van der Waals surface area contributed by atoms with Crippen molar-refractivity contribution < 1.29 is 14.3 Å². The van der Waals surface area contributed by atoms with E-state index in [4.69, 9.17) is 9.47 Å². The van der Waals surface area contributed by atoms with E-state index >= 15 is 0 Å². The van der Waals surface area contributed by atoms with Crippen molar-refractivity contribution in [3.8, 4) is 11.5 Å². The first kappa shape index (κ1) is 19.5. The molecule has 6 heteroatoms. The van der Waals surface area contributed by atoms with Gasteiger partial charge in [-0.15, -0.1) is 0 Å². The Morgan fingerprint density at radius 2 is 2.04 bits per heavy atom. The highest BCUT2D eigenvalue weighted by Crippen LogP contribution is 2.28. The van der Waals surface area contributed by atoms with Crippen LogP contribution in [0, 0.1) is 5.92 Å². The second kappa shape index (κ2) is 10.3. The lowest BCUT2D eigenvalue weighted by Crippen LogP contribution is -2.34. The van der Waals surface area contributed by atoms with Crippen LogP contribution in [-0.4, -0.2) is 57.8 Å². The Labute approximate surface area is 150 Å². The number of carbonyl (C=O) groups is 1. The first-order valence-electron chi connectivity index (χ1n) is 9.08. The lowest BCUT2D eigenvalue weighted by atomic mass is 9.97. The van der Waals surface area contributed by atoms with E-state index in [2.05, 4.69) is 22.6 Å². The molecule has 0 atom stereocenters. The van der Waals surface area contributed by atoms with E-state index in [-0.39, 0.29) is 12.5 Å². The van der Waals surface area contributed by atoms with Gasteiger partial charge in [-0.25, -0.2) is 0 Å². The number of ether oxygens (including phenoxy) is 2. The molecular formula is C19H31N3O3. The molecule has 0 spiro atoms. The number of piperidine rings is 1. The van der Waals surface area contributed by atoms with Gasteiger partial charge in [0.15, 0.2) is 18.1 Å². The quantitative estimate of drug-likeness (QED) is 0.710. The van der Waals surface area contributed by atoms with Crippen molar-refractivity contribution in [2.24, 2.45) is 5.92 Å². The van der Waals surface area contributed by atoms with Crippen LogP contribution in [0.15, 0.2) is 18.2 Å². The standard InChI is InChI=1S/C19H31N3O3/c1-4-21-19(23)14-25-17-6-5-16(11-18(17)24-3)13-20-12-15-7-9-22(2)10-8-15/h5-6,11,15,20H,4,7-10,12-14H2,1-3H3,(H,21,23). The first-order chi connectivity index (χ1) is 12.1. The number of methoxy groups -OCH3 is 1. The fourth-order valence-electron chi connectivity index (χ4n) is 3.02. The lowest BCUT2D eigenvalue weighted by Gasteiger charge is -2.29. The molecule has 0 aliphatic carbocycles. The predicted molar refractivity (Wildman–Crippen MR) is 99.1 cm³/mol. The molecule has 140 valence electrons. The average molecular weight is 349 g/mol. The molecule has 25 heavy (non-hydrogen) atoms. The van der Waals surface area contributed by atoms with Gasteiger partial charge in [0.2, 0.25) is 0 Å². The minimum atomic E-state index is -0.131. The highest BCUT2D eigenvalue weighted by Gasteiger charge is 2.16. The van der Waals surface area contributed by atoms with Gasteiger partial charge >= 0.3 is 0 Å². The van der Waals surface area contributed by atoms with Crippen molar-refractivity contribution in [1.29, 1.82) is 0 Å². The zero-order valence-corrected chi connectivity index (χ0v) is 15.6. The Morgan fingerprint density at radius 1 is 1.28 bits per heavy atom. The van der Waals surface area contributed by atoms with Crippen molar-refractivity contribution in [1.82, 2.24) is 15.5 Å². The molecule has 1 heterocycles. The minimum Gasteiger partial charge on any atom is -0.493 e. The van der Waals surface area contributed by atoms with Gasteiger partial charge in [0, 0.05) is 13.1 Å². The summed E-state index contributed by atoms with van der Waals surface area (Å²) in [7, 11) is 3.80. The number of nitrogens with zero attached hydrogens (tertiary/aromatic N) is 1. The molecule has 1 amide bonds. The van der Waals surface area contributed by atoms with E-state index in [1.165, 1.54) is 25.9 Å². The maximum absolute atomic E-state index is 11.5. The molecule has 1 aromatic rings. The molecule has 0 saturated carbocycles. The van der Waals surface area contributed by atoms with E-state index in [0.29, 0.717) is 18.0 Å². The van der Waals surface area contributed by atoms with Gasteiger partial charge in [-0.1, -0.05) is 6.07 Å². The summed E-state index contributed by atoms with van der Waals surface area (Å²) in [6, 6.07) is 5.84. The van der Waals surface area contributed by atoms with Crippen molar-refractivity contribution in [2.45, 2.75) is 26.3 Å². The zero-order valence-electron chi connectivity index (χ0n) is 15.6. The summed E-state index contributed by atoms with van der Waals surface area (Å²) in [5.41, 5.74) is 1.15. The summed E-state index contributed by atoms with van der Waals surface area (Å²) < 4.78 is 10.9. The van der Waals surface area contributed by atoms with E-state index in [1.54, 1.807) is 7.11 Å². The third-order valence-corrected chi connectivity index (χ3v) is 4.56. The molecule has 0 bridgehead atoms. The number of carbonyl (C=O) groups excluding carboxylic acids is 1. The fraction of sp³-hybridized carbons (Fsp3) is 0.632. The van der Waals surface area contributed by atoms with Crippen LogP contribution < -0.4 is 20.1 Å². The molecule has 0 unspecified atom stereocenters. The second-order valence-corrected chi connectivity index (χ2v) is 6.60. The topological polar surface area (TPSA) is 62.8 Å². The largest absolute Gasteiger partial charge is 0.493 e. The molecule has 0 aromatic heterocycles. The number of amides is 1. The van der Waals surface area contributed by atoms with Crippen molar-refractivity contribution >= 4 is 5.91 Å². The van der Waals surface area contributed by atoms with E-state index < -0.39 is 0 Å². The number of nitrogens with one attached hydrogen (secondary N) is 2. The van der Waals surface area contributed by atoms with Gasteiger partial charge in [0.25, 0.3) is 5.91 Å². The van der Waals surface area contributed by atoms with E-state index in [1.807, 2.05) is 25.1 Å². The van der Waals surface area contributed by atoms with E-state index in [9.17, 15) is 4.79 Å². The Morgan fingerprint density at radius 3 is 2.72 bits per heavy atom. The number of likely N-dealkylation sites (tertiary alicyclic amines) is 1. The SMILES string of the molecule is CCNC(=O)COc1ccc(CNCC2CCN(C)CC2)cc1OC. The molecule has 1 fully saturated rings. The molecule has 1 aliphatic rings. The molecule has 6 nitrogen and oxygen atoms in total. The summed E-state index contributed by atoms with van der Waals surface area (Å²) in [5.74, 6) is 1.88. The molecule has 2 N–H and O–H groups in total. The normalized spacial score (nSPS) is 15.8. The molecule has 0 radical (unpaired) electrons. The maximum atomic E-state index is 11.5. The van der Waals surface area contributed by atoms with Gasteiger partial charge < -0.3 is 25.0 Å². The Balaban J connectivity index is 1.80. The number of likely N-dealkylation sites (N-methyl/N-ethyl adjacent to an activating group) is 1. The average Bonchev–Trinajstić information content (AvgIpc) is 2.62. The lowest BCUT2D eigenvalue weighted by molar-refractivity contribution is -0.123. The summed E-state index contributed by atoms with van der Waals surface area (Å²) in [6.07, 6.45) is 2.53. The summed E-state index contributed by atoms with van der Waals surface area (Å²) in [5, 5.41) is 6.25. The van der Waals surface area contributed by atoms with Crippen LogP contribution >= 0.6 is 0 Å². The summed E-state index contributed by atoms with van der Waals surface area (Å²) in [4.78, 5) is 13.9. The summed E-state index contributed by atoms with van der Waals surface area (Å²) >= 11 is 0. The number of rotatable bonds is 9. The number of hydrogen-bond acceptors (Lipinski definition) is 5. The van der Waals surface area contributed by atoms with Gasteiger partial charge in [0.1, 0.15) is 0 Å². The third kappa shape index (κ3) is 6.55. The Kier molecular flexibility index (Phi) is 8.01. The van der Waals surface area contributed by atoms with Crippen molar-refractivity contribution in [2.75, 3.05) is 46.9 Å². The van der Waals surface area contributed by atoms with Gasteiger partial charge in [0.05, 0.1) is 7.11 Å². The number of benzene rings is 1. The molecule has 1 aromatic carbocycles. The molecule has 2 rings (SSSR count). The molecular weight excluding hydrogens is 318 g/mol. The Bertz CT molecular complexity index is 543. The third-order valence-electron chi connectivity index (χ3n) is 4.56.